The summed E-state index contributed by atoms with van der Waals surface area (Å²) in [6.45, 7) is 11.0. The first-order valence-corrected chi connectivity index (χ1v) is 7.03. The van der Waals surface area contributed by atoms with E-state index in [1.807, 2.05) is 6.20 Å². The van der Waals surface area contributed by atoms with Gasteiger partial charge in [0, 0.05) is 32.4 Å². The maximum absolute atomic E-state index is 5.56. The lowest BCUT2D eigenvalue weighted by atomic mass is 10.1. The van der Waals surface area contributed by atoms with Gasteiger partial charge in [-0.05, 0) is 24.8 Å². The molecular formula is C14H27N3O. The molecule has 1 aromatic rings. The number of aromatic nitrogens is 2. The number of nitrogens with zero attached hydrogens (tertiary/aromatic N) is 2. The normalized spacial score (nSPS) is 11.3. The summed E-state index contributed by atoms with van der Waals surface area (Å²) < 4.78 is 7.62. The molecule has 104 valence electrons. The van der Waals surface area contributed by atoms with Gasteiger partial charge in [0.05, 0.1) is 12.3 Å². The second-order valence-corrected chi connectivity index (χ2v) is 5.02. The van der Waals surface area contributed by atoms with Gasteiger partial charge in [-0.1, -0.05) is 20.8 Å². The summed E-state index contributed by atoms with van der Waals surface area (Å²) in [5, 5.41) is 7.69. The third kappa shape index (κ3) is 6.17. The highest BCUT2D eigenvalue weighted by molar-refractivity contribution is 4.99. The largest absolute Gasteiger partial charge is 0.380 e. The zero-order valence-electron chi connectivity index (χ0n) is 12.0. The smallest absolute Gasteiger partial charge is 0.0591 e. The van der Waals surface area contributed by atoms with Crippen molar-refractivity contribution in [2.75, 3.05) is 19.8 Å². The van der Waals surface area contributed by atoms with Crippen LogP contribution in [0.4, 0.5) is 0 Å². The fourth-order valence-electron chi connectivity index (χ4n) is 1.71. The molecule has 0 saturated carbocycles. The molecule has 0 aliphatic rings. The SMILES string of the molecule is CCCn1nccc1CNCCOCCC(C)C. The number of rotatable bonds is 10. The van der Waals surface area contributed by atoms with Crippen molar-refractivity contribution in [3.63, 3.8) is 0 Å². The Morgan fingerprint density at radius 3 is 2.94 bits per heavy atom. The number of aryl methyl sites for hydroxylation is 1. The monoisotopic (exact) mass is 253 g/mol. The van der Waals surface area contributed by atoms with Crippen molar-refractivity contribution in [3.05, 3.63) is 18.0 Å². The molecule has 0 aliphatic heterocycles. The fraction of sp³-hybridized carbons (Fsp3) is 0.786. The first-order valence-electron chi connectivity index (χ1n) is 7.03. The third-order valence-electron chi connectivity index (χ3n) is 2.81. The molecule has 0 aliphatic carbocycles. The Morgan fingerprint density at radius 2 is 2.22 bits per heavy atom. The van der Waals surface area contributed by atoms with Crippen LogP contribution in [0, 0.1) is 5.92 Å². The highest BCUT2D eigenvalue weighted by atomic mass is 16.5. The molecule has 0 aromatic carbocycles. The van der Waals surface area contributed by atoms with Crippen molar-refractivity contribution in [2.45, 2.75) is 46.7 Å². The van der Waals surface area contributed by atoms with Crippen molar-refractivity contribution in [1.29, 1.82) is 0 Å². The second kappa shape index (κ2) is 9.11. The summed E-state index contributed by atoms with van der Waals surface area (Å²) in [5.74, 6) is 0.723. The zero-order valence-corrected chi connectivity index (χ0v) is 12.0. The van der Waals surface area contributed by atoms with Gasteiger partial charge in [-0.3, -0.25) is 4.68 Å². The molecule has 0 bridgehead atoms. The summed E-state index contributed by atoms with van der Waals surface area (Å²) in [7, 11) is 0. The summed E-state index contributed by atoms with van der Waals surface area (Å²) in [4.78, 5) is 0. The molecule has 1 aromatic heterocycles. The first kappa shape index (κ1) is 15.2. The highest BCUT2D eigenvalue weighted by Gasteiger charge is 2.00. The average molecular weight is 253 g/mol. The van der Waals surface area contributed by atoms with Crippen LogP contribution in [0.2, 0.25) is 0 Å². The minimum Gasteiger partial charge on any atom is -0.380 e. The van der Waals surface area contributed by atoms with E-state index < -0.39 is 0 Å². The molecule has 0 radical (unpaired) electrons. The van der Waals surface area contributed by atoms with E-state index in [2.05, 4.69) is 41.9 Å². The van der Waals surface area contributed by atoms with Crippen LogP contribution >= 0.6 is 0 Å². The van der Waals surface area contributed by atoms with Gasteiger partial charge in [0.15, 0.2) is 0 Å². The number of ether oxygens (including phenoxy) is 1. The van der Waals surface area contributed by atoms with Gasteiger partial charge in [-0.25, -0.2) is 0 Å². The van der Waals surface area contributed by atoms with Gasteiger partial charge in [0.25, 0.3) is 0 Å². The van der Waals surface area contributed by atoms with Crippen molar-refractivity contribution >= 4 is 0 Å². The molecule has 0 amide bonds. The van der Waals surface area contributed by atoms with Crippen LogP contribution in [0.5, 0.6) is 0 Å². The fourth-order valence-corrected chi connectivity index (χ4v) is 1.71. The molecule has 18 heavy (non-hydrogen) atoms. The summed E-state index contributed by atoms with van der Waals surface area (Å²) in [6.07, 6.45) is 4.13. The Bertz CT molecular complexity index is 310. The van der Waals surface area contributed by atoms with Crippen molar-refractivity contribution in [3.8, 4) is 0 Å². The molecular weight excluding hydrogens is 226 g/mol. The lowest BCUT2D eigenvalue weighted by Gasteiger charge is -2.09. The molecule has 1 rings (SSSR count). The van der Waals surface area contributed by atoms with Gasteiger partial charge in [0.2, 0.25) is 0 Å². The Morgan fingerprint density at radius 1 is 1.39 bits per heavy atom. The number of hydrogen-bond acceptors (Lipinski definition) is 3. The van der Waals surface area contributed by atoms with Gasteiger partial charge in [0.1, 0.15) is 0 Å². The second-order valence-electron chi connectivity index (χ2n) is 5.02. The number of nitrogens with one attached hydrogen (secondary N) is 1. The van der Waals surface area contributed by atoms with E-state index in [1.165, 1.54) is 5.69 Å². The van der Waals surface area contributed by atoms with E-state index in [0.29, 0.717) is 0 Å². The van der Waals surface area contributed by atoms with Crippen molar-refractivity contribution in [1.82, 2.24) is 15.1 Å². The number of hydrogen-bond donors (Lipinski definition) is 1. The minimum absolute atomic E-state index is 0.723. The average Bonchev–Trinajstić information content (AvgIpc) is 2.76. The van der Waals surface area contributed by atoms with Crippen LogP contribution in [0.25, 0.3) is 0 Å². The van der Waals surface area contributed by atoms with E-state index in [0.717, 1.165) is 51.6 Å². The van der Waals surface area contributed by atoms with Gasteiger partial charge < -0.3 is 10.1 Å². The maximum Gasteiger partial charge on any atom is 0.0591 e. The molecule has 0 atom stereocenters. The minimum atomic E-state index is 0.723. The van der Waals surface area contributed by atoms with E-state index >= 15 is 0 Å². The van der Waals surface area contributed by atoms with E-state index in [-0.39, 0.29) is 0 Å². The molecule has 0 fully saturated rings. The highest BCUT2D eigenvalue weighted by Crippen LogP contribution is 2.00. The van der Waals surface area contributed by atoms with E-state index in [4.69, 9.17) is 4.74 Å². The van der Waals surface area contributed by atoms with Gasteiger partial charge >= 0.3 is 0 Å². The predicted octanol–water partition coefficient (Wildman–Crippen LogP) is 2.45. The van der Waals surface area contributed by atoms with Crippen LogP contribution in [0.1, 0.15) is 39.3 Å². The summed E-state index contributed by atoms with van der Waals surface area (Å²) in [5.41, 5.74) is 1.25. The molecule has 0 saturated heterocycles. The molecule has 1 N–H and O–H groups in total. The van der Waals surface area contributed by atoms with Crippen LogP contribution in [-0.2, 0) is 17.8 Å². The molecule has 0 unspecified atom stereocenters. The van der Waals surface area contributed by atoms with Crippen molar-refractivity contribution < 1.29 is 4.74 Å². The third-order valence-corrected chi connectivity index (χ3v) is 2.81. The van der Waals surface area contributed by atoms with E-state index in [1.54, 1.807) is 0 Å². The van der Waals surface area contributed by atoms with E-state index in [9.17, 15) is 0 Å². The molecule has 4 nitrogen and oxygen atoms in total. The Labute approximate surface area is 111 Å². The summed E-state index contributed by atoms with van der Waals surface area (Å²) >= 11 is 0. The molecule has 0 spiro atoms. The lowest BCUT2D eigenvalue weighted by molar-refractivity contribution is 0.125. The van der Waals surface area contributed by atoms with Gasteiger partial charge in [-0.15, -0.1) is 0 Å². The Balaban J connectivity index is 2.05. The van der Waals surface area contributed by atoms with Crippen molar-refractivity contribution in [2.24, 2.45) is 5.92 Å². The van der Waals surface area contributed by atoms with Crippen LogP contribution in [-0.4, -0.2) is 29.5 Å². The van der Waals surface area contributed by atoms with Crippen LogP contribution in [0.15, 0.2) is 12.3 Å². The Hall–Kier alpha value is -0.870. The lowest BCUT2D eigenvalue weighted by Crippen LogP contribution is -2.21. The maximum atomic E-state index is 5.56. The predicted molar refractivity (Wildman–Crippen MR) is 74.5 cm³/mol. The Kier molecular flexibility index (Phi) is 7.69. The topological polar surface area (TPSA) is 39.1 Å². The molecule has 4 heteroatoms. The first-order chi connectivity index (χ1) is 8.74. The van der Waals surface area contributed by atoms with Crippen LogP contribution in [0.3, 0.4) is 0 Å². The standard InChI is InChI=1S/C14H27N3O/c1-4-9-17-14(5-7-16-17)12-15-8-11-18-10-6-13(2)3/h5,7,13,15H,4,6,8-12H2,1-3H3. The zero-order chi connectivity index (χ0) is 13.2. The quantitative estimate of drug-likeness (QED) is 0.651. The van der Waals surface area contributed by atoms with Gasteiger partial charge in [-0.2, -0.15) is 5.10 Å². The summed E-state index contributed by atoms with van der Waals surface area (Å²) in [6, 6.07) is 2.07. The van der Waals surface area contributed by atoms with Crippen LogP contribution < -0.4 is 5.32 Å². The molecule has 1 heterocycles.